The predicted octanol–water partition coefficient (Wildman–Crippen LogP) is 3.25. The van der Waals surface area contributed by atoms with Crippen molar-refractivity contribution in [3.63, 3.8) is 0 Å². The molecule has 36 heavy (non-hydrogen) atoms. The zero-order valence-electron chi connectivity index (χ0n) is 19.1. The maximum absolute atomic E-state index is 11.7. The summed E-state index contributed by atoms with van der Waals surface area (Å²) in [6, 6.07) is 16.5. The third kappa shape index (κ3) is 4.25. The summed E-state index contributed by atoms with van der Waals surface area (Å²) < 4.78 is 40.5. The van der Waals surface area contributed by atoms with Crippen LogP contribution in [0.15, 0.2) is 59.5 Å². The molecule has 4 heterocycles. The summed E-state index contributed by atoms with van der Waals surface area (Å²) in [5.41, 5.74) is 4.30. The lowest BCUT2D eigenvalue weighted by molar-refractivity contribution is 0.00706. The third-order valence-corrected chi connectivity index (χ3v) is 7.84. The Kier molecular flexibility index (Phi) is 5.73. The van der Waals surface area contributed by atoms with Gasteiger partial charge in [0.2, 0.25) is 0 Å². The third-order valence-electron chi connectivity index (χ3n) is 6.42. The van der Waals surface area contributed by atoms with E-state index in [1.165, 1.54) is 6.26 Å². The summed E-state index contributed by atoms with van der Waals surface area (Å²) in [5, 5.41) is 10.4. The Morgan fingerprint density at radius 2 is 1.61 bits per heavy atom. The first-order chi connectivity index (χ1) is 17.3. The maximum Gasteiger partial charge on any atom is 0.296 e. The predicted molar refractivity (Wildman–Crippen MR) is 133 cm³/mol. The van der Waals surface area contributed by atoms with Crippen LogP contribution in [-0.2, 0) is 19.3 Å². The van der Waals surface area contributed by atoms with Crippen LogP contribution in [0.2, 0.25) is 5.02 Å². The van der Waals surface area contributed by atoms with Crippen molar-refractivity contribution >= 4 is 32.6 Å². The Bertz CT molecular complexity index is 1540. The number of aliphatic hydroxyl groups excluding tert-OH is 1. The number of nitrogens with zero attached hydrogens (tertiary/aromatic N) is 2. The average molecular weight is 528 g/mol. The number of benzene rings is 2. The average Bonchev–Trinajstić information content (AvgIpc) is 3.55. The Balaban J connectivity index is 1.23. The minimum Gasteiger partial charge on any atom is -0.456 e. The first-order valence-electron chi connectivity index (χ1n) is 11.3. The zero-order valence-corrected chi connectivity index (χ0v) is 20.7. The van der Waals surface area contributed by atoms with Crippen LogP contribution in [0.4, 0.5) is 0 Å². The fraction of sp³-hybridized carbons (Fsp3) is 0.280. The molecule has 4 atom stereocenters. The first-order valence-corrected chi connectivity index (χ1v) is 13.6. The number of halogens is 1. The number of pyridine rings is 1. The van der Waals surface area contributed by atoms with Crippen LogP contribution in [0.3, 0.4) is 0 Å². The summed E-state index contributed by atoms with van der Waals surface area (Å²) in [5.74, 6) is 0. The summed E-state index contributed by atoms with van der Waals surface area (Å²) in [6.45, 7) is 0.521. The van der Waals surface area contributed by atoms with Crippen LogP contribution in [-0.4, -0.2) is 72.4 Å². The monoisotopic (exact) mass is 527 g/mol. The molecule has 2 aromatic heterocycles. The van der Waals surface area contributed by atoms with Gasteiger partial charge in [-0.05, 0) is 29.3 Å². The van der Waals surface area contributed by atoms with Crippen molar-refractivity contribution < 1.29 is 27.7 Å². The second kappa shape index (κ2) is 8.82. The topological polar surface area (TPSA) is 124 Å². The molecule has 186 valence electrons. The minimum atomic E-state index is -3.24. The van der Waals surface area contributed by atoms with Gasteiger partial charge in [0.05, 0.1) is 34.3 Å². The molecule has 4 aromatic rings. The van der Waals surface area contributed by atoms with Gasteiger partial charge in [-0.2, -0.15) is 4.98 Å². The quantitative estimate of drug-likeness (QED) is 0.405. The molecule has 0 bridgehead atoms. The molecule has 2 aliphatic rings. The second-order valence-corrected chi connectivity index (χ2v) is 11.3. The number of nitrogens with one attached hydrogen (secondary N) is 1. The maximum atomic E-state index is 11.7. The molecular formula is C25H22ClN3O6S. The van der Waals surface area contributed by atoms with Gasteiger partial charge in [0.15, 0.2) is 21.6 Å². The smallest absolute Gasteiger partial charge is 0.296 e. The minimum absolute atomic E-state index is 0.223. The molecule has 0 saturated carbocycles. The normalized spacial score (nSPS) is 23.8. The number of aromatic amines is 1. The van der Waals surface area contributed by atoms with Crippen molar-refractivity contribution in [1.29, 1.82) is 0 Å². The van der Waals surface area contributed by atoms with Gasteiger partial charge in [-0.25, -0.2) is 13.4 Å². The van der Waals surface area contributed by atoms with Crippen molar-refractivity contribution in [2.75, 3.05) is 19.5 Å². The Morgan fingerprint density at radius 3 is 2.31 bits per heavy atom. The van der Waals surface area contributed by atoms with Gasteiger partial charge in [-0.1, -0.05) is 48.0 Å². The van der Waals surface area contributed by atoms with E-state index in [9.17, 15) is 13.5 Å². The van der Waals surface area contributed by atoms with E-state index in [1.54, 1.807) is 30.3 Å². The number of fused-ring (bicyclic) bond motifs is 2. The summed E-state index contributed by atoms with van der Waals surface area (Å²) >= 11 is 6.55. The van der Waals surface area contributed by atoms with Crippen molar-refractivity contribution in [2.24, 2.45) is 0 Å². The number of aromatic nitrogens is 3. The molecular weight excluding hydrogens is 506 g/mol. The molecule has 11 heteroatoms. The number of aliphatic hydroxyl groups is 1. The van der Waals surface area contributed by atoms with Crippen molar-refractivity contribution in [1.82, 2.24) is 15.0 Å². The fourth-order valence-corrected chi connectivity index (χ4v) is 5.45. The first kappa shape index (κ1) is 23.4. The molecule has 2 saturated heterocycles. The van der Waals surface area contributed by atoms with Gasteiger partial charge in [-0.3, -0.25) is 0 Å². The van der Waals surface area contributed by atoms with Crippen molar-refractivity contribution in [2.45, 2.75) is 29.3 Å². The SMILES string of the molecule is CS(=O)(=O)c1ccc(-c2ccc(-c3nc4nc(OC5COC6C(O)COC56)[nH]c4cc3Cl)cc2)cc1. The Hall–Kier alpha value is -3.02. The Labute approximate surface area is 211 Å². The Morgan fingerprint density at radius 1 is 0.972 bits per heavy atom. The lowest BCUT2D eigenvalue weighted by atomic mass is 10.0. The van der Waals surface area contributed by atoms with E-state index in [0.29, 0.717) is 28.5 Å². The number of H-pyrrole nitrogens is 1. The van der Waals surface area contributed by atoms with Gasteiger partial charge >= 0.3 is 0 Å². The molecule has 4 unspecified atom stereocenters. The van der Waals surface area contributed by atoms with Crippen LogP contribution >= 0.6 is 11.6 Å². The van der Waals surface area contributed by atoms with E-state index >= 15 is 0 Å². The van der Waals surface area contributed by atoms with Gasteiger partial charge < -0.3 is 24.3 Å². The van der Waals surface area contributed by atoms with Crippen LogP contribution in [0.5, 0.6) is 6.01 Å². The number of hydrogen-bond donors (Lipinski definition) is 2. The van der Waals surface area contributed by atoms with Gasteiger partial charge in [0.25, 0.3) is 6.01 Å². The molecule has 0 spiro atoms. The second-order valence-electron chi connectivity index (χ2n) is 8.93. The summed E-state index contributed by atoms with van der Waals surface area (Å²) in [4.78, 5) is 12.5. The van der Waals surface area contributed by atoms with Gasteiger partial charge in [0.1, 0.15) is 18.3 Å². The number of sulfone groups is 1. The van der Waals surface area contributed by atoms with Crippen LogP contribution in [0, 0.1) is 0 Å². The van der Waals surface area contributed by atoms with Crippen LogP contribution < -0.4 is 4.74 Å². The number of ether oxygens (including phenoxy) is 3. The highest BCUT2D eigenvalue weighted by molar-refractivity contribution is 7.90. The standard InChI is InChI=1S/C25H22ClN3O6S/c1-36(31,32)16-8-6-14(7-9-16)13-2-4-15(5-3-13)21-17(26)10-18-24(28-21)29-25(27-18)35-20-12-34-22-19(30)11-33-23(20)22/h2-10,19-20,22-23,30H,11-12H2,1H3,(H,27,28,29). The summed E-state index contributed by atoms with van der Waals surface area (Å²) in [7, 11) is -3.24. The molecule has 9 nitrogen and oxygen atoms in total. The van der Waals surface area contributed by atoms with E-state index in [2.05, 4.69) is 15.0 Å². The molecule has 0 aliphatic carbocycles. The molecule has 0 radical (unpaired) electrons. The van der Waals surface area contributed by atoms with E-state index in [0.717, 1.165) is 16.7 Å². The highest BCUT2D eigenvalue weighted by Crippen LogP contribution is 2.33. The molecule has 0 amide bonds. The van der Waals surface area contributed by atoms with Gasteiger partial charge in [0, 0.05) is 11.8 Å². The van der Waals surface area contributed by atoms with Crippen molar-refractivity contribution in [3.8, 4) is 28.4 Å². The highest BCUT2D eigenvalue weighted by Gasteiger charge is 2.48. The molecule has 2 aromatic carbocycles. The number of imidazole rings is 1. The fourth-order valence-electron chi connectivity index (χ4n) is 4.56. The van der Waals surface area contributed by atoms with Crippen molar-refractivity contribution in [3.05, 3.63) is 59.6 Å². The van der Waals surface area contributed by atoms with Gasteiger partial charge in [-0.15, -0.1) is 0 Å². The molecule has 2 aliphatic heterocycles. The molecule has 2 N–H and O–H groups in total. The zero-order chi connectivity index (χ0) is 25.0. The number of rotatable bonds is 5. The lowest BCUT2D eigenvalue weighted by Crippen LogP contribution is -2.34. The molecule has 6 rings (SSSR count). The largest absolute Gasteiger partial charge is 0.456 e. The lowest BCUT2D eigenvalue weighted by Gasteiger charge is -2.15. The number of hydrogen-bond acceptors (Lipinski definition) is 8. The van der Waals surface area contributed by atoms with E-state index in [4.69, 9.17) is 25.8 Å². The van der Waals surface area contributed by atoms with Crippen LogP contribution in [0.1, 0.15) is 0 Å². The molecule has 2 fully saturated rings. The van der Waals surface area contributed by atoms with E-state index in [-0.39, 0.29) is 35.8 Å². The van der Waals surface area contributed by atoms with E-state index < -0.39 is 15.9 Å². The highest BCUT2D eigenvalue weighted by atomic mass is 35.5. The summed E-state index contributed by atoms with van der Waals surface area (Å²) in [6.07, 6.45) is -0.588. The van der Waals surface area contributed by atoms with E-state index in [1.807, 2.05) is 24.3 Å². The van der Waals surface area contributed by atoms with Crippen LogP contribution in [0.25, 0.3) is 33.5 Å².